The van der Waals surface area contributed by atoms with Gasteiger partial charge in [0.25, 0.3) is 0 Å². The van der Waals surface area contributed by atoms with Crippen molar-refractivity contribution in [3.05, 3.63) is 34.8 Å². The van der Waals surface area contributed by atoms with Crippen molar-refractivity contribution < 1.29 is 4.92 Å². The molecule has 0 radical (unpaired) electrons. The van der Waals surface area contributed by atoms with E-state index < -0.39 is 4.92 Å². The molecule has 2 aromatic heterocycles. The Morgan fingerprint density at radius 2 is 2.33 bits per heavy atom. The van der Waals surface area contributed by atoms with Crippen LogP contribution in [0.5, 0.6) is 0 Å². The van der Waals surface area contributed by atoms with E-state index in [1.807, 2.05) is 6.92 Å². The number of rotatable bonds is 5. The van der Waals surface area contributed by atoms with E-state index in [1.54, 1.807) is 18.3 Å². The number of nitrogens with one attached hydrogen (secondary N) is 2. The molecule has 18 heavy (non-hydrogen) atoms. The fourth-order valence-electron chi connectivity index (χ4n) is 1.60. The highest BCUT2D eigenvalue weighted by atomic mass is 16.6. The van der Waals surface area contributed by atoms with E-state index in [9.17, 15) is 10.1 Å². The van der Waals surface area contributed by atoms with Gasteiger partial charge in [0.15, 0.2) is 5.69 Å². The Bertz CT molecular complexity index is 538. The second-order valence-electron chi connectivity index (χ2n) is 3.69. The zero-order valence-corrected chi connectivity index (χ0v) is 9.88. The molecule has 0 bridgehead atoms. The van der Waals surface area contributed by atoms with Crippen LogP contribution in [0.3, 0.4) is 0 Å². The Morgan fingerprint density at radius 1 is 1.50 bits per heavy atom. The van der Waals surface area contributed by atoms with Gasteiger partial charge in [0.1, 0.15) is 6.33 Å². The first-order valence-electron chi connectivity index (χ1n) is 5.61. The second kappa shape index (κ2) is 5.26. The Balaban J connectivity index is 2.49. The van der Waals surface area contributed by atoms with Crippen molar-refractivity contribution >= 4 is 11.5 Å². The van der Waals surface area contributed by atoms with Gasteiger partial charge >= 0.3 is 5.69 Å². The molecule has 7 heteroatoms. The van der Waals surface area contributed by atoms with Crippen LogP contribution in [-0.4, -0.2) is 26.4 Å². The molecule has 0 unspecified atom stereocenters. The summed E-state index contributed by atoms with van der Waals surface area (Å²) in [7, 11) is 0. The van der Waals surface area contributed by atoms with Gasteiger partial charge in [0, 0.05) is 12.7 Å². The molecule has 7 nitrogen and oxygen atoms in total. The van der Waals surface area contributed by atoms with Gasteiger partial charge in [-0.2, -0.15) is 0 Å². The van der Waals surface area contributed by atoms with E-state index in [1.165, 1.54) is 6.33 Å². The number of aromatic amines is 1. The van der Waals surface area contributed by atoms with Crippen LogP contribution in [0, 0.1) is 10.1 Å². The SMILES string of the molecule is CCCNc1ncnc(-c2ccc[nH]2)c1[N+](=O)[O-]. The maximum Gasteiger partial charge on any atom is 0.338 e. The van der Waals surface area contributed by atoms with Crippen molar-refractivity contribution in [2.45, 2.75) is 13.3 Å². The van der Waals surface area contributed by atoms with Crippen molar-refractivity contribution in [2.24, 2.45) is 0 Å². The molecular formula is C11H13N5O2. The fraction of sp³-hybridized carbons (Fsp3) is 0.273. The molecule has 94 valence electrons. The molecule has 0 aromatic carbocycles. The van der Waals surface area contributed by atoms with Crippen molar-refractivity contribution in [2.75, 3.05) is 11.9 Å². The van der Waals surface area contributed by atoms with E-state index >= 15 is 0 Å². The monoisotopic (exact) mass is 247 g/mol. The third-order valence-electron chi connectivity index (χ3n) is 2.40. The highest BCUT2D eigenvalue weighted by Gasteiger charge is 2.23. The van der Waals surface area contributed by atoms with Gasteiger partial charge in [-0.3, -0.25) is 10.1 Å². The molecule has 0 aliphatic heterocycles. The third-order valence-corrected chi connectivity index (χ3v) is 2.40. The van der Waals surface area contributed by atoms with Gasteiger partial charge in [-0.25, -0.2) is 9.97 Å². The average molecular weight is 247 g/mol. The lowest BCUT2D eigenvalue weighted by molar-refractivity contribution is -0.383. The fourth-order valence-corrected chi connectivity index (χ4v) is 1.60. The van der Waals surface area contributed by atoms with Crippen molar-refractivity contribution in [3.8, 4) is 11.4 Å². The summed E-state index contributed by atoms with van der Waals surface area (Å²) in [5.74, 6) is 0.251. The maximum absolute atomic E-state index is 11.2. The van der Waals surface area contributed by atoms with Crippen LogP contribution < -0.4 is 5.32 Å². The zero-order chi connectivity index (χ0) is 13.0. The molecule has 2 N–H and O–H groups in total. The molecule has 2 aromatic rings. The highest BCUT2D eigenvalue weighted by molar-refractivity contribution is 5.74. The minimum absolute atomic E-state index is 0.103. The summed E-state index contributed by atoms with van der Waals surface area (Å²) in [5, 5.41) is 14.1. The molecule has 0 spiro atoms. The molecule has 0 atom stereocenters. The summed E-state index contributed by atoms with van der Waals surface area (Å²) >= 11 is 0. The summed E-state index contributed by atoms with van der Waals surface area (Å²) in [6.07, 6.45) is 3.88. The zero-order valence-electron chi connectivity index (χ0n) is 9.88. The molecule has 0 saturated heterocycles. The van der Waals surface area contributed by atoms with Crippen molar-refractivity contribution in [1.82, 2.24) is 15.0 Å². The number of anilines is 1. The van der Waals surface area contributed by atoms with Crippen LogP contribution in [0.15, 0.2) is 24.7 Å². The van der Waals surface area contributed by atoms with Crippen LogP contribution >= 0.6 is 0 Å². The molecule has 2 heterocycles. The Hall–Kier alpha value is -2.44. The molecule has 0 amide bonds. The number of hydrogen-bond donors (Lipinski definition) is 2. The largest absolute Gasteiger partial charge is 0.364 e. The van der Waals surface area contributed by atoms with Crippen LogP contribution in [-0.2, 0) is 0 Å². The summed E-state index contributed by atoms with van der Waals surface area (Å²) in [4.78, 5) is 21.5. The quantitative estimate of drug-likeness (QED) is 0.623. The van der Waals surface area contributed by atoms with Crippen LogP contribution in [0.1, 0.15) is 13.3 Å². The van der Waals surface area contributed by atoms with E-state index in [-0.39, 0.29) is 11.5 Å². The number of nitro groups is 1. The standard InChI is InChI=1S/C11H13N5O2/c1-2-5-13-11-10(16(17)18)9(14-7-15-11)8-4-3-6-12-8/h3-4,6-7,12H,2,5H2,1H3,(H,13,14,15). The van der Waals surface area contributed by atoms with Gasteiger partial charge in [0.05, 0.1) is 10.6 Å². The number of nitrogens with zero attached hydrogens (tertiary/aromatic N) is 3. The number of H-pyrrole nitrogens is 1. The first kappa shape index (κ1) is 12.0. The minimum atomic E-state index is -0.464. The second-order valence-corrected chi connectivity index (χ2v) is 3.69. The highest BCUT2D eigenvalue weighted by Crippen LogP contribution is 2.31. The number of hydrogen-bond acceptors (Lipinski definition) is 5. The summed E-state index contributed by atoms with van der Waals surface area (Å²) in [6.45, 7) is 2.61. The molecule has 0 aliphatic rings. The summed E-state index contributed by atoms with van der Waals surface area (Å²) in [6, 6.07) is 3.50. The third kappa shape index (κ3) is 2.29. The van der Waals surface area contributed by atoms with E-state index in [0.29, 0.717) is 17.9 Å². The number of aromatic nitrogens is 3. The van der Waals surface area contributed by atoms with Gasteiger partial charge in [-0.05, 0) is 18.6 Å². The van der Waals surface area contributed by atoms with Crippen LogP contribution in [0.4, 0.5) is 11.5 Å². The Morgan fingerprint density at radius 3 is 2.94 bits per heavy atom. The normalized spacial score (nSPS) is 10.3. The van der Waals surface area contributed by atoms with Crippen molar-refractivity contribution in [3.63, 3.8) is 0 Å². The van der Waals surface area contributed by atoms with Gasteiger partial charge in [-0.1, -0.05) is 6.92 Å². The smallest absolute Gasteiger partial charge is 0.338 e. The molecule has 0 saturated carbocycles. The first-order valence-corrected chi connectivity index (χ1v) is 5.61. The van der Waals surface area contributed by atoms with Crippen LogP contribution in [0.25, 0.3) is 11.4 Å². The summed E-state index contributed by atoms with van der Waals surface area (Å²) < 4.78 is 0. The maximum atomic E-state index is 11.2. The molecular weight excluding hydrogens is 234 g/mol. The first-order chi connectivity index (χ1) is 8.74. The predicted molar refractivity (Wildman–Crippen MR) is 67.3 cm³/mol. The summed E-state index contributed by atoms with van der Waals surface area (Å²) in [5.41, 5.74) is 0.788. The predicted octanol–water partition coefficient (Wildman–Crippen LogP) is 2.20. The average Bonchev–Trinajstić information content (AvgIpc) is 2.89. The van der Waals surface area contributed by atoms with E-state index in [0.717, 1.165) is 6.42 Å². The van der Waals surface area contributed by atoms with Gasteiger partial charge < -0.3 is 10.3 Å². The van der Waals surface area contributed by atoms with Crippen LogP contribution in [0.2, 0.25) is 0 Å². The minimum Gasteiger partial charge on any atom is -0.364 e. The Labute approximate surface area is 103 Å². The lowest BCUT2D eigenvalue weighted by Crippen LogP contribution is -2.07. The lowest BCUT2D eigenvalue weighted by Gasteiger charge is -2.06. The molecule has 0 aliphatic carbocycles. The van der Waals surface area contributed by atoms with E-state index in [4.69, 9.17) is 0 Å². The molecule has 2 rings (SSSR count). The lowest BCUT2D eigenvalue weighted by atomic mass is 10.2. The Kier molecular flexibility index (Phi) is 3.52. The topological polar surface area (TPSA) is 96.7 Å². The van der Waals surface area contributed by atoms with Gasteiger partial charge in [-0.15, -0.1) is 0 Å². The van der Waals surface area contributed by atoms with Crippen molar-refractivity contribution in [1.29, 1.82) is 0 Å². The van der Waals surface area contributed by atoms with E-state index in [2.05, 4.69) is 20.3 Å². The molecule has 0 fully saturated rings. The van der Waals surface area contributed by atoms with Gasteiger partial charge in [0.2, 0.25) is 5.82 Å².